The fourth-order valence-electron chi connectivity index (χ4n) is 3.05. The predicted molar refractivity (Wildman–Crippen MR) is 95.7 cm³/mol. The van der Waals surface area contributed by atoms with Crippen LogP contribution in [0.2, 0.25) is 0 Å². The monoisotopic (exact) mass is 333 g/mol. The molecule has 0 saturated carbocycles. The van der Waals surface area contributed by atoms with Crippen LogP contribution in [0.1, 0.15) is 24.3 Å². The van der Waals surface area contributed by atoms with Gasteiger partial charge in [-0.3, -0.25) is 4.90 Å². The van der Waals surface area contributed by atoms with E-state index >= 15 is 0 Å². The number of aromatic hydroxyl groups is 1. The lowest BCUT2D eigenvalue weighted by Gasteiger charge is -2.32. The first-order chi connectivity index (χ1) is 10.8. The number of hydrogen-bond acceptors (Lipinski definition) is 3. The molecule has 3 nitrogen and oxygen atoms in total. The number of rotatable bonds is 5. The van der Waals surface area contributed by atoms with E-state index in [1.165, 1.54) is 18.4 Å². The molecule has 124 valence electrons. The van der Waals surface area contributed by atoms with E-state index in [-0.39, 0.29) is 18.2 Å². The molecule has 1 heterocycles. The highest BCUT2D eigenvalue weighted by Gasteiger charge is 2.20. The van der Waals surface area contributed by atoms with E-state index in [1.54, 1.807) is 24.3 Å². The summed E-state index contributed by atoms with van der Waals surface area (Å²) >= 11 is 0. The molecule has 1 aliphatic heterocycles. The van der Waals surface area contributed by atoms with Crippen LogP contribution in [0.4, 0.5) is 0 Å². The number of phenols is 1. The zero-order valence-electron chi connectivity index (χ0n) is 13.2. The number of phenolic OH excluding ortho intramolecular Hbond substituents is 1. The molecule has 0 atom stereocenters. The van der Waals surface area contributed by atoms with Crippen LogP contribution in [-0.4, -0.2) is 36.2 Å². The van der Waals surface area contributed by atoms with Gasteiger partial charge in [0.1, 0.15) is 18.1 Å². The van der Waals surface area contributed by atoms with Crippen LogP contribution in [0.25, 0.3) is 0 Å². The molecule has 1 saturated heterocycles. The van der Waals surface area contributed by atoms with Crippen LogP contribution in [0.15, 0.2) is 54.6 Å². The van der Waals surface area contributed by atoms with Crippen molar-refractivity contribution in [3.8, 4) is 11.5 Å². The Kier molecular flexibility index (Phi) is 6.75. The summed E-state index contributed by atoms with van der Waals surface area (Å²) in [5.74, 6) is 1.79. The second-order valence-corrected chi connectivity index (χ2v) is 5.87. The first-order valence-electron chi connectivity index (χ1n) is 8.00. The minimum Gasteiger partial charge on any atom is -0.508 e. The van der Waals surface area contributed by atoms with Gasteiger partial charge in [0.15, 0.2) is 0 Å². The van der Waals surface area contributed by atoms with Crippen molar-refractivity contribution in [2.24, 2.45) is 0 Å². The van der Waals surface area contributed by atoms with Crippen LogP contribution in [0, 0.1) is 0 Å². The molecular weight excluding hydrogens is 310 g/mol. The summed E-state index contributed by atoms with van der Waals surface area (Å²) in [6, 6.07) is 17.7. The summed E-state index contributed by atoms with van der Waals surface area (Å²) in [5.41, 5.74) is 1.47. The number of piperidine rings is 1. The van der Waals surface area contributed by atoms with Gasteiger partial charge in [0.25, 0.3) is 0 Å². The molecule has 1 aliphatic rings. The molecule has 0 spiro atoms. The second kappa shape index (κ2) is 8.80. The predicted octanol–water partition coefficient (Wildman–Crippen LogP) is 4.07. The van der Waals surface area contributed by atoms with Gasteiger partial charge >= 0.3 is 0 Å². The van der Waals surface area contributed by atoms with Crippen molar-refractivity contribution in [2.75, 3.05) is 26.2 Å². The fraction of sp³-hybridized carbons (Fsp3) is 0.368. The highest BCUT2D eigenvalue weighted by atomic mass is 35.5. The lowest BCUT2D eigenvalue weighted by molar-refractivity contribution is 0.173. The topological polar surface area (TPSA) is 32.7 Å². The molecule has 0 amide bonds. The summed E-state index contributed by atoms with van der Waals surface area (Å²) in [4.78, 5) is 2.47. The van der Waals surface area contributed by atoms with Crippen molar-refractivity contribution in [1.29, 1.82) is 0 Å². The SMILES string of the molecule is Cl.Oc1ccc(OCCN2CCC(c3ccccc3)CC2)cc1. The molecule has 3 rings (SSSR count). The van der Waals surface area contributed by atoms with Gasteiger partial charge < -0.3 is 9.84 Å². The number of nitrogens with zero attached hydrogens (tertiary/aromatic N) is 1. The zero-order chi connectivity index (χ0) is 15.2. The van der Waals surface area contributed by atoms with Crippen molar-refractivity contribution in [3.63, 3.8) is 0 Å². The Bertz CT molecular complexity index is 566. The van der Waals surface area contributed by atoms with Gasteiger partial charge in [-0.05, 0) is 61.7 Å². The van der Waals surface area contributed by atoms with E-state index in [1.807, 2.05) is 0 Å². The summed E-state index contributed by atoms with van der Waals surface area (Å²) in [7, 11) is 0. The van der Waals surface area contributed by atoms with Gasteiger partial charge in [-0.25, -0.2) is 0 Å². The van der Waals surface area contributed by atoms with Gasteiger partial charge in [-0.15, -0.1) is 12.4 Å². The highest BCUT2D eigenvalue weighted by Crippen LogP contribution is 2.27. The van der Waals surface area contributed by atoms with Gasteiger partial charge in [0.05, 0.1) is 0 Å². The third-order valence-corrected chi connectivity index (χ3v) is 4.37. The van der Waals surface area contributed by atoms with Gasteiger partial charge in [-0.1, -0.05) is 30.3 Å². The Balaban J connectivity index is 0.00000192. The Morgan fingerprint density at radius 3 is 2.26 bits per heavy atom. The largest absolute Gasteiger partial charge is 0.508 e. The van der Waals surface area contributed by atoms with E-state index in [2.05, 4.69) is 35.2 Å². The van der Waals surface area contributed by atoms with E-state index in [4.69, 9.17) is 4.74 Å². The molecule has 4 heteroatoms. The normalized spacial score (nSPS) is 15.8. The van der Waals surface area contributed by atoms with Crippen LogP contribution >= 0.6 is 12.4 Å². The van der Waals surface area contributed by atoms with Crippen LogP contribution in [0.5, 0.6) is 11.5 Å². The lowest BCUT2D eigenvalue weighted by atomic mass is 9.89. The number of benzene rings is 2. The summed E-state index contributed by atoms with van der Waals surface area (Å²) < 4.78 is 5.72. The number of ether oxygens (including phenoxy) is 1. The molecule has 1 N–H and O–H groups in total. The minimum atomic E-state index is 0. The number of halogens is 1. The molecule has 2 aromatic carbocycles. The molecule has 0 unspecified atom stereocenters. The maximum Gasteiger partial charge on any atom is 0.119 e. The minimum absolute atomic E-state index is 0. The summed E-state index contributed by atoms with van der Waals surface area (Å²) in [6.07, 6.45) is 2.45. The average molecular weight is 334 g/mol. The lowest BCUT2D eigenvalue weighted by Crippen LogP contribution is -2.35. The van der Waals surface area contributed by atoms with E-state index in [0.717, 1.165) is 25.4 Å². The highest BCUT2D eigenvalue weighted by molar-refractivity contribution is 5.85. The van der Waals surface area contributed by atoms with Crippen LogP contribution in [0.3, 0.4) is 0 Å². The second-order valence-electron chi connectivity index (χ2n) is 5.87. The van der Waals surface area contributed by atoms with Crippen LogP contribution < -0.4 is 4.74 Å². The molecule has 0 radical (unpaired) electrons. The van der Waals surface area contributed by atoms with Crippen molar-refractivity contribution in [2.45, 2.75) is 18.8 Å². The van der Waals surface area contributed by atoms with Crippen molar-refractivity contribution in [3.05, 3.63) is 60.2 Å². The first kappa shape index (κ1) is 17.6. The molecular formula is C19H24ClNO2. The molecule has 23 heavy (non-hydrogen) atoms. The maximum absolute atomic E-state index is 9.24. The standard InChI is InChI=1S/C19H23NO2.ClH/c21-18-6-8-19(9-7-18)22-15-14-20-12-10-17(11-13-20)16-4-2-1-3-5-16;/h1-9,17,21H,10-15H2;1H. The number of likely N-dealkylation sites (tertiary alicyclic amines) is 1. The van der Waals surface area contributed by atoms with E-state index < -0.39 is 0 Å². The van der Waals surface area contributed by atoms with Gasteiger partial charge in [0, 0.05) is 6.54 Å². The molecule has 0 aliphatic carbocycles. The van der Waals surface area contributed by atoms with Gasteiger partial charge in [-0.2, -0.15) is 0 Å². The maximum atomic E-state index is 9.24. The average Bonchev–Trinajstić information content (AvgIpc) is 2.58. The fourth-order valence-corrected chi connectivity index (χ4v) is 3.05. The van der Waals surface area contributed by atoms with E-state index in [0.29, 0.717) is 12.5 Å². The molecule has 1 fully saturated rings. The van der Waals surface area contributed by atoms with Gasteiger partial charge in [0.2, 0.25) is 0 Å². The summed E-state index contributed by atoms with van der Waals surface area (Å²) in [6.45, 7) is 3.93. The molecule has 0 aromatic heterocycles. The van der Waals surface area contributed by atoms with Crippen molar-refractivity contribution in [1.82, 2.24) is 4.90 Å². The zero-order valence-corrected chi connectivity index (χ0v) is 14.0. The number of hydrogen-bond donors (Lipinski definition) is 1. The third kappa shape index (κ3) is 5.15. The molecule has 2 aromatic rings. The smallest absolute Gasteiger partial charge is 0.119 e. The van der Waals surface area contributed by atoms with Crippen molar-refractivity contribution >= 4 is 12.4 Å². The Morgan fingerprint density at radius 1 is 0.957 bits per heavy atom. The first-order valence-corrected chi connectivity index (χ1v) is 8.00. The Labute approximate surface area is 144 Å². The quantitative estimate of drug-likeness (QED) is 0.895. The Morgan fingerprint density at radius 2 is 1.61 bits per heavy atom. The Hall–Kier alpha value is -1.71. The van der Waals surface area contributed by atoms with E-state index in [9.17, 15) is 5.11 Å². The summed E-state index contributed by atoms with van der Waals surface area (Å²) in [5, 5.41) is 9.24. The molecule has 0 bridgehead atoms. The third-order valence-electron chi connectivity index (χ3n) is 4.37. The van der Waals surface area contributed by atoms with Crippen molar-refractivity contribution < 1.29 is 9.84 Å². The van der Waals surface area contributed by atoms with Crippen LogP contribution in [-0.2, 0) is 0 Å².